The molecule has 0 radical (unpaired) electrons. The normalized spacial score (nSPS) is 12.5. The lowest BCUT2D eigenvalue weighted by molar-refractivity contribution is 0.177. The van der Waals surface area contributed by atoms with Gasteiger partial charge in [-0.3, -0.25) is 4.98 Å². The van der Waals surface area contributed by atoms with Crippen LogP contribution in [0.15, 0.2) is 30.6 Å². The number of hydrogen-bond acceptors (Lipinski definition) is 2. The predicted molar refractivity (Wildman–Crippen MR) is 58.3 cm³/mol. The number of halogens is 1. The van der Waals surface area contributed by atoms with Crippen LogP contribution < -0.4 is 0 Å². The van der Waals surface area contributed by atoms with Crippen LogP contribution in [0.25, 0.3) is 0 Å². The maximum absolute atomic E-state index is 9.83. The van der Waals surface area contributed by atoms with Crippen molar-refractivity contribution in [2.75, 3.05) is 0 Å². The first kappa shape index (κ1) is 11.2. The third kappa shape index (κ3) is 2.82. The van der Waals surface area contributed by atoms with Crippen LogP contribution in [0.4, 0.5) is 0 Å². The highest BCUT2D eigenvalue weighted by Crippen LogP contribution is 2.26. The number of pyridine rings is 1. The molecule has 1 unspecified atom stereocenters. The van der Waals surface area contributed by atoms with Gasteiger partial charge in [0.15, 0.2) is 0 Å². The Kier molecular flexibility index (Phi) is 4.11. The summed E-state index contributed by atoms with van der Waals surface area (Å²) in [6.45, 7) is 5.87. The quantitative estimate of drug-likeness (QED) is 0.777. The number of aromatic nitrogens is 1. The van der Waals surface area contributed by atoms with Gasteiger partial charge in [0.1, 0.15) is 0 Å². The van der Waals surface area contributed by atoms with Crippen LogP contribution in [-0.4, -0.2) is 10.1 Å². The summed E-state index contributed by atoms with van der Waals surface area (Å²) in [6.07, 6.45) is 4.02. The molecule has 0 fully saturated rings. The van der Waals surface area contributed by atoms with E-state index in [0.717, 1.165) is 17.6 Å². The third-order valence-corrected chi connectivity index (χ3v) is 2.46. The summed E-state index contributed by atoms with van der Waals surface area (Å²) in [6, 6.07) is 1.73. The minimum atomic E-state index is -0.571. The van der Waals surface area contributed by atoms with Crippen molar-refractivity contribution in [3.63, 3.8) is 0 Å². The molecule has 0 saturated heterocycles. The van der Waals surface area contributed by atoms with Gasteiger partial charge < -0.3 is 5.11 Å². The van der Waals surface area contributed by atoms with Crippen LogP contribution >= 0.6 is 11.6 Å². The van der Waals surface area contributed by atoms with Gasteiger partial charge >= 0.3 is 0 Å². The SMILES string of the molecule is C=C(CC)CC(O)c1ccncc1Cl. The molecule has 76 valence electrons. The molecule has 1 rings (SSSR count). The zero-order valence-corrected chi connectivity index (χ0v) is 8.96. The first-order valence-electron chi connectivity index (χ1n) is 4.59. The molecule has 0 aliphatic carbocycles. The Bertz CT molecular complexity index is 325. The number of hydrogen-bond donors (Lipinski definition) is 1. The van der Waals surface area contributed by atoms with Crippen LogP contribution in [0.5, 0.6) is 0 Å². The second kappa shape index (κ2) is 5.13. The Morgan fingerprint density at radius 3 is 3.00 bits per heavy atom. The molecule has 0 aromatic carbocycles. The van der Waals surface area contributed by atoms with E-state index in [0.29, 0.717) is 11.4 Å². The van der Waals surface area contributed by atoms with Crippen molar-refractivity contribution >= 4 is 11.6 Å². The maximum Gasteiger partial charge on any atom is 0.0842 e. The molecule has 2 nitrogen and oxygen atoms in total. The van der Waals surface area contributed by atoms with Crippen LogP contribution in [-0.2, 0) is 0 Å². The average molecular weight is 212 g/mol. The van der Waals surface area contributed by atoms with Crippen LogP contribution in [0.2, 0.25) is 5.02 Å². The van der Waals surface area contributed by atoms with Crippen molar-refractivity contribution in [2.45, 2.75) is 25.9 Å². The van der Waals surface area contributed by atoms with Gasteiger partial charge in [-0.25, -0.2) is 0 Å². The lowest BCUT2D eigenvalue weighted by Gasteiger charge is -2.12. The molecule has 1 atom stereocenters. The Morgan fingerprint density at radius 1 is 1.71 bits per heavy atom. The van der Waals surface area contributed by atoms with Crippen LogP contribution in [0, 0.1) is 0 Å². The van der Waals surface area contributed by atoms with E-state index in [1.807, 2.05) is 6.92 Å². The lowest BCUT2D eigenvalue weighted by atomic mass is 10.0. The van der Waals surface area contributed by atoms with E-state index in [9.17, 15) is 5.11 Å². The Hall–Kier alpha value is -0.860. The smallest absolute Gasteiger partial charge is 0.0842 e. The number of aliphatic hydroxyl groups excluding tert-OH is 1. The molecular weight excluding hydrogens is 198 g/mol. The average Bonchev–Trinajstić information content (AvgIpc) is 2.18. The number of nitrogens with zero attached hydrogens (tertiary/aromatic N) is 1. The van der Waals surface area contributed by atoms with Gasteiger partial charge in [0, 0.05) is 18.0 Å². The van der Waals surface area contributed by atoms with Gasteiger partial charge in [-0.15, -0.1) is 0 Å². The summed E-state index contributed by atoms with van der Waals surface area (Å²) >= 11 is 5.89. The zero-order chi connectivity index (χ0) is 10.6. The van der Waals surface area contributed by atoms with E-state index in [1.54, 1.807) is 12.3 Å². The number of rotatable bonds is 4. The second-order valence-electron chi connectivity index (χ2n) is 3.22. The van der Waals surface area contributed by atoms with Crippen LogP contribution in [0.3, 0.4) is 0 Å². The Morgan fingerprint density at radius 2 is 2.43 bits per heavy atom. The van der Waals surface area contributed by atoms with Gasteiger partial charge in [-0.2, -0.15) is 0 Å². The molecule has 3 heteroatoms. The van der Waals surface area contributed by atoms with Crippen molar-refractivity contribution in [3.8, 4) is 0 Å². The van der Waals surface area contributed by atoms with E-state index < -0.39 is 6.10 Å². The predicted octanol–water partition coefficient (Wildman–Crippen LogP) is 3.12. The monoisotopic (exact) mass is 211 g/mol. The van der Waals surface area contributed by atoms with Gasteiger partial charge in [0.25, 0.3) is 0 Å². The van der Waals surface area contributed by atoms with E-state index in [1.165, 1.54) is 6.20 Å². The van der Waals surface area contributed by atoms with Crippen molar-refractivity contribution in [3.05, 3.63) is 41.2 Å². The fraction of sp³-hybridized carbons (Fsp3) is 0.364. The van der Waals surface area contributed by atoms with Crippen LogP contribution in [0.1, 0.15) is 31.4 Å². The highest BCUT2D eigenvalue weighted by atomic mass is 35.5. The molecular formula is C11H14ClNO. The minimum Gasteiger partial charge on any atom is -0.388 e. The topological polar surface area (TPSA) is 33.1 Å². The second-order valence-corrected chi connectivity index (χ2v) is 3.63. The molecule has 0 amide bonds. The molecule has 0 saturated carbocycles. The highest BCUT2D eigenvalue weighted by molar-refractivity contribution is 6.31. The molecule has 1 N–H and O–H groups in total. The molecule has 14 heavy (non-hydrogen) atoms. The van der Waals surface area contributed by atoms with E-state index in [-0.39, 0.29) is 0 Å². The molecule has 0 spiro atoms. The first-order valence-corrected chi connectivity index (χ1v) is 4.97. The molecule has 0 bridgehead atoms. The van der Waals surface area contributed by atoms with Gasteiger partial charge in [-0.05, 0) is 18.9 Å². The van der Waals surface area contributed by atoms with Crippen molar-refractivity contribution in [1.29, 1.82) is 0 Å². The maximum atomic E-state index is 9.83. The van der Waals surface area contributed by atoms with Crippen molar-refractivity contribution in [2.24, 2.45) is 0 Å². The van der Waals surface area contributed by atoms with E-state index >= 15 is 0 Å². The zero-order valence-electron chi connectivity index (χ0n) is 8.20. The highest BCUT2D eigenvalue weighted by Gasteiger charge is 2.11. The summed E-state index contributed by atoms with van der Waals surface area (Å²) < 4.78 is 0. The summed E-state index contributed by atoms with van der Waals surface area (Å²) in [5.41, 5.74) is 1.74. The van der Waals surface area contributed by atoms with Gasteiger partial charge in [-0.1, -0.05) is 30.7 Å². The summed E-state index contributed by atoms with van der Waals surface area (Å²) in [7, 11) is 0. The molecule has 1 heterocycles. The molecule has 1 aromatic heterocycles. The largest absolute Gasteiger partial charge is 0.388 e. The van der Waals surface area contributed by atoms with Gasteiger partial charge in [0.2, 0.25) is 0 Å². The van der Waals surface area contributed by atoms with E-state index in [4.69, 9.17) is 11.6 Å². The summed E-state index contributed by atoms with van der Waals surface area (Å²) in [4.78, 5) is 3.86. The fourth-order valence-corrected chi connectivity index (χ4v) is 1.43. The number of aliphatic hydroxyl groups is 1. The lowest BCUT2D eigenvalue weighted by Crippen LogP contribution is -1.99. The Balaban J connectivity index is 2.74. The molecule has 1 aromatic rings. The molecule has 0 aliphatic rings. The summed E-state index contributed by atoms with van der Waals surface area (Å²) in [5.74, 6) is 0. The first-order chi connectivity index (χ1) is 6.65. The van der Waals surface area contributed by atoms with E-state index in [2.05, 4.69) is 11.6 Å². The van der Waals surface area contributed by atoms with Gasteiger partial charge in [0.05, 0.1) is 11.1 Å². The third-order valence-electron chi connectivity index (χ3n) is 2.14. The minimum absolute atomic E-state index is 0.504. The standard InChI is InChI=1S/C11H14ClNO/c1-3-8(2)6-11(14)9-4-5-13-7-10(9)12/h4-5,7,11,14H,2-3,6H2,1H3. The summed E-state index contributed by atoms with van der Waals surface area (Å²) in [5, 5.41) is 10.3. The van der Waals surface area contributed by atoms with Crippen molar-refractivity contribution < 1.29 is 5.11 Å². The fourth-order valence-electron chi connectivity index (χ4n) is 1.18. The Labute approximate surface area is 89.2 Å². The van der Waals surface area contributed by atoms with Crippen molar-refractivity contribution in [1.82, 2.24) is 4.98 Å². The molecule has 0 aliphatic heterocycles.